The number of epoxide rings is 1. The summed E-state index contributed by atoms with van der Waals surface area (Å²) in [6.07, 6.45) is 5.01. The van der Waals surface area contributed by atoms with Crippen molar-refractivity contribution in [1.82, 2.24) is 0 Å². The standard InChI is InChI=1S/C7H12O2/c8-5-3-1-2-4-6-7(5)9-6/h5-8H,1-4H2/t5-,6?,7?/m0/s1. The van der Waals surface area contributed by atoms with Crippen LogP contribution in [0.4, 0.5) is 0 Å². The number of aliphatic hydroxyl groups excluding tert-OH is 1. The lowest BCUT2D eigenvalue weighted by Crippen LogP contribution is -2.14. The molecule has 1 aliphatic heterocycles. The van der Waals surface area contributed by atoms with Gasteiger partial charge in [-0.1, -0.05) is 12.8 Å². The lowest BCUT2D eigenvalue weighted by Gasteiger charge is -2.02. The molecule has 1 aliphatic carbocycles. The molecule has 2 rings (SSSR count). The highest BCUT2D eigenvalue weighted by Gasteiger charge is 2.44. The average molecular weight is 128 g/mol. The van der Waals surface area contributed by atoms with Crippen LogP contribution in [0.15, 0.2) is 0 Å². The smallest absolute Gasteiger partial charge is 0.110 e. The quantitative estimate of drug-likeness (QED) is 0.487. The van der Waals surface area contributed by atoms with Crippen LogP contribution in [0.1, 0.15) is 25.7 Å². The van der Waals surface area contributed by atoms with Crippen LogP contribution in [0, 0.1) is 0 Å². The summed E-state index contributed by atoms with van der Waals surface area (Å²) in [7, 11) is 0. The van der Waals surface area contributed by atoms with E-state index < -0.39 is 0 Å². The Kier molecular flexibility index (Phi) is 1.24. The van der Waals surface area contributed by atoms with E-state index in [1.807, 2.05) is 0 Å². The zero-order chi connectivity index (χ0) is 6.27. The Morgan fingerprint density at radius 3 is 2.89 bits per heavy atom. The molecule has 52 valence electrons. The molecule has 0 aromatic heterocycles. The first-order valence-electron chi connectivity index (χ1n) is 3.71. The molecule has 1 saturated heterocycles. The maximum absolute atomic E-state index is 9.27. The van der Waals surface area contributed by atoms with Gasteiger partial charge in [0, 0.05) is 0 Å². The normalized spacial score (nSPS) is 49.7. The summed E-state index contributed by atoms with van der Waals surface area (Å²) >= 11 is 0. The van der Waals surface area contributed by atoms with Crippen LogP contribution in [0.25, 0.3) is 0 Å². The number of hydrogen-bond acceptors (Lipinski definition) is 2. The molecule has 2 aliphatic rings. The molecule has 0 aromatic rings. The van der Waals surface area contributed by atoms with Crippen LogP contribution in [-0.4, -0.2) is 23.4 Å². The Morgan fingerprint density at radius 2 is 2.00 bits per heavy atom. The Hall–Kier alpha value is -0.0800. The fourth-order valence-electron chi connectivity index (χ4n) is 1.59. The van der Waals surface area contributed by atoms with Crippen LogP contribution in [0.3, 0.4) is 0 Å². The Bertz CT molecular complexity index is 113. The highest BCUT2D eigenvalue weighted by atomic mass is 16.6. The van der Waals surface area contributed by atoms with Crippen LogP contribution < -0.4 is 0 Å². The van der Waals surface area contributed by atoms with Crippen LogP contribution in [0.5, 0.6) is 0 Å². The van der Waals surface area contributed by atoms with Crippen LogP contribution in [-0.2, 0) is 4.74 Å². The van der Waals surface area contributed by atoms with E-state index in [0.29, 0.717) is 6.10 Å². The van der Waals surface area contributed by atoms with Crippen molar-refractivity contribution in [3.63, 3.8) is 0 Å². The lowest BCUT2D eigenvalue weighted by molar-refractivity contribution is 0.122. The van der Waals surface area contributed by atoms with Crippen LogP contribution >= 0.6 is 0 Å². The molecule has 0 bridgehead atoms. The van der Waals surface area contributed by atoms with Crippen molar-refractivity contribution in [3.8, 4) is 0 Å². The molecule has 2 heteroatoms. The van der Waals surface area contributed by atoms with Crippen molar-refractivity contribution >= 4 is 0 Å². The monoisotopic (exact) mass is 128 g/mol. The number of ether oxygens (including phenoxy) is 1. The topological polar surface area (TPSA) is 32.8 Å². The molecule has 0 spiro atoms. The van der Waals surface area contributed by atoms with Crippen molar-refractivity contribution in [1.29, 1.82) is 0 Å². The zero-order valence-corrected chi connectivity index (χ0v) is 5.42. The number of rotatable bonds is 0. The second kappa shape index (κ2) is 1.96. The summed E-state index contributed by atoms with van der Waals surface area (Å²) in [5.41, 5.74) is 0. The zero-order valence-electron chi connectivity index (χ0n) is 5.42. The SMILES string of the molecule is O[C@H]1CCCCC2OC21. The predicted octanol–water partition coefficient (Wildman–Crippen LogP) is 0.689. The van der Waals surface area contributed by atoms with E-state index in [4.69, 9.17) is 4.74 Å². The van der Waals surface area contributed by atoms with Crippen LogP contribution in [0.2, 0.25) is 0 Å². The van der Waals surface area contributed by atoms with Gasteiger partial charge in [0.1, 0.15) is 6.10 Å². The van der Waals surface area contributed by atoms with E-state index in [1.54, 1.807) is 0 Å². The minimum Gasteiger partial charge on any atom is -0.390 e. The predicted molar refractivity (Wildman–Crippen MR) is 33.1 cm³/mol. The van der Waals surface area contributed by atoms with Gasteiger partial charge in [0.2, 0.25) is 0 Å². The summed E-state index contributed by atoms with van der Waals surface area (Å²) in [6, 6.07) is 0. The summed E-state index contributed by atoms with van der Waals surface area (Å²) in [4.78, 5) is 0. The van der Waals surface area contributed by atoms with Gasteiger partial charge >= 0.3 is 0 Å². The third kappa shape index (κ3) is 0.970. The Morgan fingerprint density at radius 1 is 1.22 bits per heavy atom. The number of aliphatic hydroxyl groups is 1. The summed E-state index contributed by atoms with van der Waals surface area (Å²) in [5, 5.41) is 9.27. The molecule has 0 radical (unpaired) electrons. The van der Waals surface area contributed by atoms with Crippen molar-refractivity contribution in [2.45, 2.75) is 44.0 Å². The second-order valence-corrected chi connectivity index (χ2v) is 2.99. The largest absolute Gasteiger partial charge is 0.390 e. The van der Waals surface area contributed by atoms with E-state index in [9.17, 15) is 5.11 Å². The fraction of sp³-hybridized carbons (Fsp3) is 1.00. The van der Waals surface area contributed by atoms with Gasteiger partial charge in [-0.2, -0.15) is 0 Å². The van der Waals surface area contributed by atoms with Gasteiger partial charge in [-0.05, 0) is 12.8 Å². The minimum absolute atomic E-state index is 0.155. The molecule has 9 heavy (non-hydrogen) atoms. The number of fused-ring (bicyclic) bond motifs is 1. The minimum atomic E-state index is -0.155. The molecule has 1 saturated carbocycles. The Balaban J connectivity index is 1.96. The second-order valence-electron chi connectivity index (χ2n) is 2.99. The maximum atomic E-state index is 9.27. The van der Waals surface area contributed by atoms with Crippen molar-refractivity contribution in [3.05, 3.63) is 0 Å². The van der Waals surface area contributed by atoms with Gasteiger partial charge in [-0.25, -0.2) is 0 Å². The molecule has 0 aromatic carbocycles. The molecule has 1 N–H and O–H groups in total. The maximum Gasteiger partial charge on any atom is 0.110 e. The molecule has 2 nitrogen and oxygen atoms in total. The molecule has 3 atom stereocenters. The van der Waals surface area contributed by atoms with Crippen molar-refractivity contribution in [2.24, 2.45) is 0 Å². The van der Waals surface area contributed by atoms with E-state index in [-0.39, 0.29) is 12.2 Å². The van der Waals surface area contributed by atoms with Gasteiger partial charge in [0.15, 0.2) is 0 Å². The Labute approximate surface area is 54.8 Å². The number of hydrogen-bond donors (Lipinski definition) is 1. The highest BCUT2D eigenvalue weighted by Crippen LogP contribution is 2.34. The van der Waals surface area contributed by atoms with E-state index in [1.165, 1.54) is 19.3 Å². The molecular weight excluding hydrogens is 116 g/mol. The summed E-state index contributed by atoms with van der Waals surface area (Å²) in [6.45, 7) is 0. The van der Waals surface area contributed by atoms with E-state index in [0.717, 1.165) is 6.42 Å². The third-order valence-corrected chi connectivity index (χ3v) is 2.24. The van der Waals surface area contributed by atoms with Gasteiger partial charge in [-0.3, -0.25) is 0 Å². The first kappa shape index (κ1) is 5.69. The molecule has 2 unspecified atom stereocenters. The summed E-state index contributed by atoms with van der Waals surface area (Å²) in [5.74, 6) is 0. The lowest BCUT2D eigenvalue weighted by atomic mass is 10.2. The van der Waals surface area contributed by atoms with Gasteiger partial charge in [0.25, 0.3) is 0 Å². The fourth-order valence-corrected chi connectivity index (χ4v) is 1.59. The van der Waals surface area contributed by atoms with Gasteiger partial charge in [0.05, 0.1) is 12.2 Å². The van der Waals surface area contributed by atoms with E-state index >= 15 is 0 Å². The third-order valence-electron chi connectivity index (χ3n) is 2.24. The van der Waals surface area contributed by atoms with Crippen molar-refractivity contribution in [2.75, 3.05) is 0 Å². The van der Waals surface area contributed by atoms with Gasteiger partial charge in [-0.15, -0.1) is 0 Å². The summed E-state index contributed by atoms with van der Waals surface area (Å²) < 4.78 is 5.22. The van der Waals surface area contributed by atoms with E-state index in [2.05, 4.69) is 0 Å². The van der Waals surface area contributed by atoms with Gasteiger partial charge < -0.3 is 9.84 Å². The molecule has 0 amide bonds. The molecular formula is C7H12O2. The van der Waals surface area contributed by atoms with Crippen molar-refractivity contribution < 1.29 is 9.84 Å². The first-order chi connectivity index (χ1) is 4.38. The first-order valence-corrected chi connectivity index (χ1v) is 3.71. The highest BCUT2D eigenvalue weighted by molar-refractivity contribution is 4.92. The average Bonchev–Trinajstić information content (AvgIpc) is 2.55. The molecule has 1 heterocycles. The molecule has 2 fully saturated rings.